The van der Waals surface area contributed by atoms with Gasteiger partial charge < -0.3 is 10.1 Å². The molecule has 0 radical (unpaired) electrons. The Morgan fingerprint density at radius 3 is 2.08 bits per heavy atom. The van der Waals surface area contributed by atoms with Gasteiger partial charge in [0.2, 0.25) is 5.91 Å². The summed E-state index contributed by atoms with van der Waals surface area (Å²) in [6.45, 7) is 1.37. The molecular formula is C17H14F3NO3. The summed E-state index contributed by atoms with van der Waals surface area (Å²) >= 11 is 0. The van der Waals surface area contributed by atoms with E-state index in [2.05, 4.69) is 5.32 Å². The Labute approximate surface area is 136 Å². The molecule has 0 saturated carbocycles. The molecule has 0 spiro atoms. The standard InChI is InChI=1S/C17H14F3NO3/c1-11(22)21-14-6-8-15(9-7-14)24-16(23)10-12-2-4-13(5-3-12)17(18,19)20/h2-9H,10H2,1H3,(H,21,22). The quantitative estimate of drug-likeness (QED) is 0.682. The van der Waals surface area contributed by atoms with Crippen LogP contribution >= 0.6 is 0 Å². The first kappa shape index (κ1) is 17.5. The van der Waals surface area contributed by atoms with Crippen LogP contribution in [0.4, 0.5) is 18.9 Å². The molecular weight excluding hydrogens is 323 g/mol. The normalized spacial score (nSPS) is 11.0. The number of hydrogen-bond acceptors (Lipinski definition) is 3. The monoisotopic (exact) mass is 337 g/mol. The van der Waals surface area contributed by atoms with Crippen molar-refractivity contribution in [3.05, 3.63) is 59.7 Å². The number of alkyl halides is 3. The molecule has 0 unspecified atom stereocenters. The summed E-state index contributed by atoms with van der Waals surface area (Å²) in [5.41, 5.74) is 0.209. The Hall–Kier alpha value is -2.83. The highest BCUT2D eigenvalue weighted by atomic mass is 19.4. The van der Waals surface area contributed by atoms with Gasteiger partial charge in [-0.05, 0) is 42.0 Å². The van der Waals surface area contributed by atoms with Crippen molar-refractivity contribution in [2.24, 2.45) is 0 Å². The fraction of sp³-hybridized carbons (Fsp3) is 0.176. The van der Waals surface area contributed by atoms with Crippen molar-refractivity contribution in [1.82, 2.24) is 0 Å². The summed E-state index contributed by atoms with van der Waals surface area (Å²) in [7, 11) is 0. The molecule has 126 valence electrons. The zero-order valence-electron chi connectivity index (χ0n) is 12.7. The summed E-state index contributed by atoms with van der Waals surface area (Å²) in [4.78, 5) is 22.7. The minimum absolute atomic E-state index is 0.147. The molecule has 1 N–H and O–H groups in total. The maximum absolute atomic E-state index is 12.5. The molecule has 0 atom stereocenters. The molecule has 0 aliphatic rings. The van der Waals surface area contributed by atoms with Crippen LogP contribution in [0.25, 0.3) is 0 Å². The van der Waals surface area contributed by atoms with Crippen LogP contribution in [-0.4, -0.2) is 11.9 Å². The van der Waals surface area contributed by atoms with Gasteiger partial charge in [-0.3, -0.25) is 9.59 Å². The summed E-state index contributed by atoms with van der Waals surface area (Å²) < 4.78 is 42.5. The number of carbonyl (C=O) groups is 2. The average molecular weight is 337 g/mol. The number of ether oxygens (including phenoxy) is 1. The van der Waals surface area contributed by atoms with Crippen LogP contribution in [0, 0.1) is 0 Å². The van der Waals surface area contributed by atoms with Crippen molar-refractivity contribution in [3.63, 3.8) is 0 Å². The number of esters is 1. The average Bonchev–Trinajstić information content (AvgIpc) is 2.48. The fourth-order valence-electron chi connectivity index (χ4n) is 1.96. The van der Waals surface area contributed by atoms with E-state index in [-0.39, 0.29) is 18.1 Å². The first-order valence-electron chi connectivity index (χ1n) is 6.98. The van der Waals surface area contributed by atoms with Gasteiger partial charge in [-0.1, -0.05) is 12.1 Å². The Morgan fingerprint density at radius 2 is 1.58 bits per heavy atom. The molecule has 0 saturated heterocycles. The third-order valence-corrected chi connectivity index (χ3v) is 3.04. The molecule has 1 amide bonds. The molecule has 7 heteroatoms. The second-order valence-electron chi connectivity index (χ2n) is 5.05. The van der Waals surface area contributed by atoms with Gasteiger partial charge in [-0.25, -0.2) is 0 Å². The minimum atomic E-state index is -4.41. The van der Waals surface area contributed by atoms with Crippen molar-refractivity contribution in [2.75, 3.05) is 5.32 Å². The number of rotatable bonds is 4. The van der Waals surface area contributed by atoms with Crippen molar-refractivity contribution < 1.29 is 27.5 Å². The predicted molar refractivity (Wildman–Crippen MR) is 81.5 cm³/mol. The first-order chi connectivity index (χ1) is 11.2. The number of amides is 1. The maximum Gasteiger partial charge on any atom is 0.416 e. The van der Waals surface area contributed by atoms with E-state index >= 15 is 0 Å². The van der Waals surface area contributed by atoms with Crippen molar-refractivity contribution in [2.45, 2.75) is 19.5 Å². The second kappa shape index (κ2) is 7.16. The van der Waals surface area contributed by atoms with Crippen LogP contribution in [0.5, 0.6) is 5.75 Å². The van der Waals surface area contributed by atoms with E-state index in [4.69, 9.17) is 4.74 Å². The Morgan fingerprint density at radius 1 is 1.00 bits per heavy atom. The van der Waals surface area contributed by atoms with E-state index in [0.29, 0.717) is 11.3 Å². The van der Waals surface area contributed by atoms with Crippen molar-refractivity contribution in [3.8, 4) is 5.75 Å². The van der Waals surface area contributed by atoms with Gasteiger partial charge in [0, 0.05) is 12.6 Å². The Bertz CT molecular complexity index is 722. The highest BCUT2D eigenvalue weighted by Crippen LogP contribution is 2.29. The molecule has 0 bridgehead atoms. The topological polar surface area (TPSA) is 55.4 Å². The third-order valence-electron chi connectivity index (χ3n) is 3.04. The van der Waals surface area contributed by atoms with E-state index in [1.807, 2.05) is 0 Å². The van der Waals surface area contributed by atoms with Crippen molar-refractivity contribution >= 4 is 17.6 Å². The number of anilines is 1. The largest absolute Gasteiger partial charge is 0.426 e. The van der Waals surface area contributed by atoms with Gasteiger partial charge in [0.15, 0.2) is 0 Å². The van der Waals surface area contributed by atoms with E-state index in [9.17, 15) is 22.8 Å². The molecule has 2 aromatic carbocycles. The molecule has 24 heavy (non-hydrogen) atoms. The zero-order valence-corrected chi connectivity index (χ0v) is 12.7. The lowest BCUT2D eigenvalue weighted by atomic mass is 10.1. The van der Waals surface area contributed by atoms with Gasteiger partial charge >= 0.3 is 12.1 Å². The second-order valence-corrected chi connectivity index (χ2v) is 5.05. The number of hydrogen-bond donors (Lipinski definition) is 1. The van der Waals surface area contributed by atoms with Crippen molar-refractivity contribution in [1.29, 1.82) is 0 Å². The van der Waals surface area contributed by atoms with Crippen LogP contribution in [0.3, 0.4) is 0 Å². The molecule has 4 nitrogen and oxygen atoms in total. The molecule has 0 aliphatic carbocycles. The lowest BCUT2D eigenvalue weighted by Crippen LogP contribution is -2.12. The van der Waals surface area contributed by atoms with Gasteiger partial charge in [0.25, 0.3) is 0 Å². The Kier molecular flexibility index (Phi) is 5.23. The molecule has 2 rings (SSSR count). The van der Waals surface area contributed by atoms with Crippen LogP contribution in [-0.2, 0) is 22.2 Å². The number of halogens is 3. The van der Waals surface area contributed by atoms with E-state index in [0.717, 1.165) is 12.1 Å². The number of carbonyl (C=O) groups excluding carboxylic acids is 2. The SMILES string of the molecule is CC(=O)Nc1ccc(OC(=O)Cc2ccc(C(F)(F)F)cc2)cc1. The summed E-state index contributed by atoms with van der Waals surface area (Å²) in [5, 5.41) is 2.57. The molecule has 2 aromatic rings. The summed E-state index contributed by atoms with van der Waals surface area (Å²) in [6, 6.07) is 10.5. The Balaban J connectivity index is 1.94. The van der Waals surface area contributed by atoms with Gasteiger partial charge in [0.05, 0.1) is 12.0 Å². The molecule has 0 heterocycles. The van der Waals surface area contributed by atoms with E-state index in [1.165, 1.54) is 31.2 Å². The highest BCUT2D eigenvalue weighted by molar-refractivity contribution is 5.88. The van der Waals surface area contributed by atoms with Gasteiger partial charge in [-0.2, -0.15) is 13.2 Å². The van der Waals surface area contributed by atoms with Crippen LogP contribution in [0.1, 0.15) is 18.1 Å². The summed E-state index contributed by atoms with van der Waals surface area (Å²) in [5.74, 6) is -0.537. The minimum Gasteiger partial charge on any atom is -0.426 e. The van der Waals surface area contributed by atoms with Gasteiger partial charge in [0.1, 0.15) is 5.75 Å². The third kappa shape index (κ3) is 5.12. The first-order valence-corrected chi connectivity index (χ1v) is 6.98. The van der Waals surface area contributed by atoms with Crippen LogP contribution in [0.15, 0.2) is 48.5 Å². The molecule has 0 fully saturated rings. The highest BCUT2D eigenvalue weighted by Gasteiger charge is 2.29. The smallest absolute Gasteiger partial charge is 0.416 e. The fourth-order valence-corrected chi connectivity index (χ4v) is 1.96. The zero-order chi connectivity index (χ0) is 17.7. The lowest BCUT2D eigenvalue weighted by molar-refractivity contribution is -0.137. The lowest BCUT2D eigenvalue weighted by Gasteiger charge is -2.08. The van der Waals surface area contributed by atoms with E-state index < -0.39 is 17.7 Å². The van der Waals surface area contributed by atoms with Crippen LogP contribution in [0.2, 0.25) is 0 Å². The summed E-state index contributed by atoms with van der Waals surface area (Å²) in [6.07, 6.45) is -4.56. The van der Waals surface area contributed by atoms with Crippen LogP contribution < -0.4 is 10.1 Å². The predicted octanol–water partition coefficient (Wildman–Crippen LogP) is 3.81. The van der Waals surface area contributed by atoms with Gasteiger partial charge in [-0.15, -0.1) is 0 Å². The van der Waals surface area contributed by atoms with E-state index in [1.54, 1.807) is 12.1 Å². The number of nitrogens with one attached hydrogen (secondary N) is 1. The maximum atomic E-state index is 12.5. The molecule has 0 aliphatic heterocycles. The number of benzene rings is 2. The molecule has 0 aromatic heterocycles.